The zero-order chi connectivity index (χ0) is 15.7. The lowest BCUT2D eigenvalue weighted by atomic mass is 10.1. The van der Waals surface area contributed by atoms with E-state index in [1.807, 2.05) is 6.07 Å². The lowest BCUT2D eigenvalue weighted by Crippen LogP contribution is -2.21. The molecule has 0 radical (unpaired) electrons. The number of rotatable bonds is 2. The van der Waals surface area contributed by atoms with Gasteiger partial charge in [-0.25, -0.2) is 4.79 Å². The highest BCUT2D eigenvalue weighted by Gasteiger charge is 2.15. The van der Waals surface area contributed by atoms with Gasteiger partial charge in [-0.3, -0.25) is 4.79 Å². The maximum absolute atomic E-state index is 12.3. The molecule has 0 aliphatic heterocycles. The van der Waals surface area contributed by atoms with Crippen molar-refractivity contribution in [2.24, 2.45) is 0 Å². The Balaban J connectivity index is 2.00. The fourth-order valence-corrected chi connectivity index (χ4v) is 2.33. The number of carbonyl (C=O) groups excluding carboxylic acids is 1. The average Bonchev–Trinajstić information content (AvgIpc) is 2.51. The fourth-order valence-electron chi connectivity index (χ4n) is 2.15. The quantitative estimate of drug-likeness (QED) is 0.727. The molecule has 5 heteroatoms. The zero-order valence-electron chi connectivity index (χ0n) is 11.7. The summed E-state index contributed by atoms with van der Waals surface area (Å²) in [6, 6.07) is 13.7. The van der Waals surface area contributed by atoms with Gasteiger partial charge in [0.2, 0.25) is 0 Å². The number of carbonyl (C=O) groups is 1. The van der Waals surface area contributed by atoms with Crippen LogP contribution in [0.15, 0.2) is 57.7 Å². The first-order valence-electron chi connectivity index (χ1n) is 6.65. The first-order chi connectivity index (χ1) is 10.6. The second kappa shape index (κ2) is 5.66. The van der Waals surface area contributed by atoms with Crippen LogP contribution in [-0.4, -0.2) is 5.91 Å². The number of hydrogen-bond acceptors (Lipinski definition) is 3. The fraction of sp³-hybridized carbons (Fsp3) is 0.0588. The Labute approximate surface area is 131 Å². The Kier molecular flexibility index (Phi) is 3.69. The standard InChI is InChI=1S/C17H12ClNO3/c1-10-13(18)6-4-7-14(10)19-16(20)12-9-11-5-2-3-8-15(11)22-17(12)21/h2-9H,1H3,(H,19,20). The van der Waals surface area contributed by atoms with Gasteiger partial charge in [-0.1, -0.05) is 35.9 Å². The lowest BCUT2D eigenvalue weighted by molar-refractivity contribution is 0.102. The van der Waals surface area contributed by atoms with Gasteiger partial charge < -0.3 is 9.73 Å². The topological polar surface area (TPSA) is 59.3 Å². The van der Waals surface area contributed by atoms with Gasteiger partial charge in [0.1, 0.15) is 11.1 Å². The van der Waals surface area contributed by atoms with Crippen LogP contribution in [0.4, 0.5) is 5.69 Å². The van der Waals surface area contributed by atoms with E-state index < -0.39 is 11.5 Å². The van der Waals surface area contributed by atoms with Crippen molar-refractivity contribution in [2.75, 3.05) is 5.32 Å². The third kappa shape index (κ3) is 2.61. The van der Waals surface area contributed by atoms with Crippen LogP contribution in [-0.2, 0) is 0 Å². The second-order valence-electron chi connectivity index (χ2n) is 4.85. The van der Waals surface area contributed by atoms with Crippen LogP contribution >= 0.6 is 11.6 Å². The molecular formula is C17H12ClNO3. The normalized spacial score (nSPS) is 10.6. The van der Waals surface area contributed by atoms with Crippen molar-refractivity contribution in [3.63, 3.8) is 0 Å². The van der Waals surface area contributed by atoms with Gasteiger partial charge in [-0.15, -0.1) is 0 Å². The van der Waals surface area contributed by atoms with Gasteiger partial charge in [0, 0.05) is 16.1 Å². The number of anilines is 1. The predicted molar refractivity (Wildman–Crippen MR) is 86.6 cm³/mol. The van der Waals surface area contributed by atoms with Gasteiger partial charge in [0.05, 0.1) is 0 Å². The minimum Gasteiger partial charge on any atom is -0.422 e. The molecule has 3 aromatic rings. The summed E-state index contributed by atoms with van der Waals surface area (Å²) in [5, 5.41) is 3.92. The molecule has 4 nitrogen and oxygen atoms in total. The largest absolute Gasteiger partial charge is 0.422 e. The molecule has 1 amide bonds. The third-order valence-electron chi connectivity index (χ3n) is 3.40. The third-order valence-corrected chi connectivity index (χ3v) is 3.81. The Morgan fingerprint density at radius 3 is 2.73 bits per heavy atom. The van der Waals surface area contributed by atoms with E-state index in [1.54, 1.807) is 43.3 Å². The molecule has 110 valence electrons. The van der Waals surface area contributed by atoms with Gasteiger partial charge in [0.25, 0.3) is 5.91 Å². The van der Waals surface area contributed by atoms with Crippen molar-refractivity contribution in [3.8, 4) is 0 Å². The number of fused-ring (bicyclic) bond motifs is 1. The molecule has 2 aromatic carbocycles. The van der Waals surface area contributed by atoms with Crippen LogP contribution in [0.5, 0.6) is 0 Å². The molecule has 0 aliphatic carbocycles. The summed E-state index contributed by atoms with van der Waals surface area (Å²) in [7, 11) is 0. The van der Waals surface area contributed by atoms with Crippen LogP contribution in [0.3, 0.4) is 0 Å². The Hall–Kier alpha value is -2.59. The molecule has 3 rings (SSSR count). The molecule has 1 heterocycles. The molecule has 0 spiro atoms. The second-order valence-corrected chi connectivity index (χ2v) is 5.26. The molecular weight excluding hydrogens is 302 g/mol. The first kappa shape index (κ1) is 14.4. The SMILES string of the molecule is Cc1c(Cl)cccc1NC(=O)c1cc2ccccc2oc1=O. The molecule has 0 bridgehead atoms. The number of para-hydroxylation sites is 1. The average molecular weight is 314 g/mol. The Morgan fingerprint density at radius 1 is 1.14 bits per heavy atom. The smallest absolute Gasteiger partial charge is 0.349 e. The molecule has 0 atom stereocenters. The molecule has 0 aliphatic rings. The van der Waals surface area contributed by atoms with Crippen molar-refractivity contribution in [1.82, 2.24) is 0 Å². The Morgan fingerprint density at radius 2 is 1.91 bits per heavy atom. The number of halogens is 1. The highest BCUT2D eigenvalue weighted by atomic mass is 35.5. The molecule has 0 saturated carbocycles. The van der Waals surface area contributed by atoms with Crippen molar-refractivity contribution >= 4 is 34.2 Å². The van der Waals surface area contributed by atoms with Crippen molar-refractivity contribution in [2.45, 2.75) is 6.92 Å². The molecule has 0 fully saturated rings. The van der Waals surface area contributed by atoms with Gasteiger partial charge >= 0.3 is 5.63 Å². The minimum absolute atomic E-state index is 0.0434. The van der Waals surface area contributed by atoms with Crippen LogP contribution in [0.25, 0.3) is 11.0 Å². The molecule has 0 unspecified atom stereocenters. The highest BCUT2D eigenvalue weighted by Crippen LogP contribution is 2.23. The summed E-state index contributed by atoms with van der Waals surface area (Å²) in [5.74, 6) is -0.523. The predicted octanol–water partition coefficient (Wildman–Crippen LogP) is 4.01. The highest BCUT2D eigenvalue weighted by molar-refractivity contribution is 6.31. The summed E-state index contributed by atoms with van der Waals surface area (Å²) in [5.41, 5.74) is 1.03. The van der Waals surface area contributed by atoms with E-state index in [0.717, 1.165) is 5.56 Å². The number of hydrogen-bond donors (Lipinski definition) is 1. The van der Waals surface area contributed by atoms with Gasteiger partial charge in [-0.2, -0.15) is 0 Å². The monoisotopic (exact) mass is 313 g/mol. The first-order valence-corrected chi connectivity index (χ1v) is 7.03. The molecule has 22 heavy (non-hydrogen) atoms. The van der Waals surface area contributed by atoms with Crippen LogP contribution in [0, 0.1) is 6.92 Å². The molecule has 0 saturated heterocycles. The minimum atomic E-state index is -0.670. The van der Waals surface area contributed by atoms with Crippen molar-refractivity contribution in [1.29, 1.82) is 0 Å². The number of benzene rings is 2. The van der Waals surface area contributed by atoms with E-state index >= 15 is 0 Å². The summed E-state index contributed by atoms with van der Waals surface area (Å²) in [6.45, 7) is 1.79. The molecule has 1 N–H and O–H groups in total. The zero-order valence-corrected chi connectivity index (χ0v) is 12.5. The number of nitrogens with one attached hydrogen (secondary N) is 1. The van der Waals surface area contributed by atoms with Gasteiger partial charge in [0.15, 0.2) is 0 Å². The van der Waals surface area contributed by atoms with Crippen LogP contribution in [0.2, 0.25) is 5.02 Å². The van der Waals surface area contributed by atoms with Crippen LogP contribution < -0.4 is 10.9 Å². The summed E-state index contributed by atoms with van der Waals surface area (Å²) in [4.78, 5) is 24.3. The lowest BCUT2D eigenvalue weighted by Gasteiger charge is -2.09. The number of amides is 1. The van der Waals surface area contributed by atoms with Crippen molar-refractivity contribution < 1.29 is 9.21 Å². The van der Waals surface area contributed by atoms with E-state index in [0.29, 0.717) is 21.7 Å². The summed E-state index contributed by atoms with van der Waals surface area (Å²) in [6.07, 6.45) is 0. The van der Waals surface area contributed by atoms with Crippen LogP contribution in [0.1, 0.15) is 15.9 Å². The maximum atomic E-state index is 12.3. The Bertz CT molecular complexity index is 931. The van der Waals surface area contributed by atoms with E-state index in [4.69, 9.17) is 16.0 Å². The summed E-state index contributed by atoms with van der Waals surface area (Å²) >= 11 is 6.02. The van der Waals surface area contributed by atoms with Crippen molar-refractivity contribution in [3.05, 3.63) is 75.1 Å². The molecule has 1 aromatic heterocycles. The van der Waals surface area contributed by atoms with E-state index in [2.05, 4.69) is 5.32 Å². The van der Waals surface area contributed by atoms with Gasteiger partial charge in [-0.05, 0) is 36.8 Å². The van der Waals surface area contributed by atoms with E-state index in [1.165, 1.54) is 6.07 Å². The van der Waals surface area contributed by atoms with E-state index in [-0.39, 0.29) is 5.56 Å². The maximum Gasteiger partial charge on any atom is 0.349 e. The van der Waals surface area contributed by atoms with E-state index in [9.17, 15) is 9.59 Å². The summed E-state index contributed by atoms with van der Waals surface area (Å²) < 4.78 is 5.16.